The van der Waals surface area contributed by atoms with E-state index in [2.05, 4.69) is 4.90 Å². The molecule has 0 aliphatic carbocycles. The van der Waals surface area contributed by atoms with Crippen LogP contribution in [-0.2, 0) is 20.8 Å². The van der Waals surface area contributed by atoms with Crippen molar-refractivity contribution in [2.45, 2.75) is 71.6 Å². The molecule has 1 atom stereocenters. The van der Waals surface area contributed by atoms with E-state index in [0.717, 1.165) is 34.9 Å². The summed E-state index contributed by atoms with van der Waals surface area (Å²) in [6.07, 6.45) is 0.685. The van der Waals surface area contributed by atoms with Crippen LogP contribution in [0.5, 0.6) is 5.75 Å². The number of aromatic nitrogens is 1. The average Bonchev–Trinajstić information content (AvgIpc) is 3.48. The van der Waals surface area contributed by atoms with Gasteiger partial charge in [0.2, 0.25) is 5.91 Å². The maximum Gasteiger partial charge on any atom is 0.419 e. The second-order valence-corrected chi connectivity index (χ2v) is 13.2. The van der Waals surface area contributed by atoms with E-state index in [1.54, 1.807) is 29.2 Å². The fraction of sp³-hybridized carbons (Fsp3) is 0.514. The number of alkyl halides is 2. The van der Waals surface area contributed by atoms with Gasteiger partial charge in [-0.1, -0.05) is 6.07 Å². The second kappa shape index (κ2) is 14.0. The van der Waals surface area contributed by atoms with Crippen molar-refractivity contribution in [2.75, 3.05) is 51.8 Å². The predicted octanol–water partition coefficient (Wildman–Crippen LogP) is 6.17. The zero-order chi connectivity index (χ0) is 34.0. The molecule has 254 valence electrons. The molecule has 2 aliphatic rings. The summed E-state index contributed by atoms with van der Waals surface area (Å²) < 4.78 is 45.3. The first kappa shape index (κ1) is 34.3. The summed E-state index contributed by atoms with van der Waals surface area (Å²) in [5.41, 5.74) is 3.25. The summed E-state index contributed by atoms with van der Waals surface area (Å²) in [5, 5.41) is 0.821. The number of amides is 1. The lowest BCUT2D eigenvalue weighted by Crippen LogP contribution is -2.49. The summed E-state index contributed by atoms with van der Waals surface area (Å²) in [4.78, 5) is 44.5. The first-order chi connectivity index (χ1) is 22.3. The Labute approximate surface area is 274 Å². The lowest BCUT2D eigenvalue weighted by molar-refractivity contribution is -0.119. The van der Waals surface area contributed by atoms with Crippen molar-refractivity contribution >= 4 is 34.6 Å². The quantitative estimate of drug-likeness (QED) is 0.267. The summed E-state index contributed by atoms with van der Waals surface area (Å²) in [5.74, 6) is 0.0250. The van der Waals surface area contributed by atoms with Gasteiger partial charge in [0.1, 0.15) is 11.4 Å². The third kappa shape index (κ3) is 7.43. The van der Waals surface area contributed by atoms with Crippen molar-refractivity contribution in [2.24, 2.45) is 0 Å². The number of hydrogen-bond donors (Lipinski definition) is 0. The fourth-order valence-corrected chi connectivity index (χ4v) is 6.64. The number of benzene rings is 2. The number of halogens is 2. The Kier molecular flexibility index (Phi) is 10.2. The SMILES string of the molecule is COC(=O)c1ccc(C2CN(CC(F)F)CCN2Cc2c(OC)cc(C)c3c2ccn3C(=O)OC(C)(C)C)cc1N1CCCCC1=O. The molecule has 2 saturated heterocycles. The van der Waals surface area contributed by atoms with Crippen molar-refractivity contribution in [1.29, 1.82) is 0 Å². The number of carbonyl (C=O) groups excluding carboxylic acids is 3. The van der Waals surface area contributed by atoms with Crippen LogP contribution >= 0.6 is 0 Å². The molecular formula is C35H44F2N4O6. The Morgan fingerprint density at radius 1 is 1.04 bits per heavy atom. The standard InChI is InChI=1S/C35H44F2N4O6/c1-22-17-29(45-5)26(24-12-14-41(32(22)24)34(44)47-35(2,3)4)19-39-16-15-38(21-30(36)37)20-28(39)23-10-11-25(33(43)46-6)27(18-23)40-13-8-7-9-31(40)42/h10-12,14,17-18,28,30H,7-9,13,15-16,19-21H2,1-6H3. The second-order valence-electron chi connectivity index (χ2n) is 13.2. The van der Waals surface area contributed by atoms with E-state index < -0.39 is 24.1 Å². The van der Waals surface area contributed by atoms with Crippen molar-refractivity contribution in [3.8, 4) is 5.75 Å². The molecule has 1 amide bonds. The maximum absolute atomic E-state index is 13.6. The van der Waals surface area contributed by atoms with Gasteiger partial charge >= 0.3 is 12.1 Å². The van der Waals surface area contributed by atoms with E-state index in [0.29, 0.717) is 56.1 Å². The van der Waals surface area contributed by atoms with Gasteiger partial charge in [-0.15, -0.1) is 0 Å². The van der Waals surface area contributed by atoms with Gasteiger partial charge in [-0.25, -0.2) is 18.4 Å². The topological polar surface area (TPSA) is 93.6 Å². The molecule has 1 aromatic heterocycles. The predicted molar refractivity (Wildman–Crippen MR) is 174 cm³/mol. The average molecular weight is 655 g/mol. The molecule has 12 heteroatoms. The molecule has 3 aromatic rings. The maximum atomic E-state index is 13.6. The third-order valence-electron chi connectivity index (χ3n) is 8.80. The van der Waals surface area contributed by atoms with Crippen LogP contribution in [0, 0.1) is 6.92 Å². The third-order valence-corrected chi connectivity index (χ3v) is 8.80. The molecule has 5 rings (SSSR count). The van der Waals surface area contributed by atoms with Crippen LogP contribution in [0.15, 0.2) is 36.5 Å². The van der Waals surface area contributed by atoms with Crippen molar-refractivity contribution in [3.05, 3.63) is 58.8 Å². The van der Waals surface area contributed by atoms with Gasteiger partial charge < -0.3 is 19.1 Å². The zero-order valence-electron chi connectivity index (χ0n) is 28.0. The first-order valence-corrected chi connectivity index (χ1v) is 16.0. The zero-order valence-corrected chi connectivity index (χ0v) is 28.0. The molecule has 2 fully saturated rings. The van der Waals surface area contributed by atoms with Gasteiger partial charge in [0, 0.05) is 62.3 Å². The van der Waals surface area contributed by atoms with E-state index in [9.17, 15) is 23.2 Å². The number of anilines is 1. The molecule has 0 spiro atoms. The Hall–Kier alpha value is -4.03. The Bertz CT molecular complexity index is 1650. The molecular weight excluding hydrogens is 610 g/mol. The molecule has 2 aliphatic heterocycles. The lowest BCUT2D eigenvalue weighted by Gasteiger charge is -2.42. The number of aryl methyl sites for hydroxylation is 1. The molecule has 0 bridgehead atoms. The number of rotatable bonds is 8. The van der Waals surface area contributed by atoms with Crippen molar-refractivity contribution < 1.29 is 37.4 Å². The van der Waals surface area contributed by atoms with Crippen LogP contribution in [0.3, 0.4) is 0 Å². The molecule has 2 aromatic carbocycles. The highest BCUT2D eigenvalue weighted by Crippen LogP contribution is 2.38. The first-order valence-electron chi connectivity index (χ1n) is 16.0. The minimum absolute atomic E-state index is 0.0698. The highest BCUT2D eigenvalue weighted by atomic mass is 19.3. The minimum Gasteiger partial charge on any atom is -0.496 e. The highest BCUT2D eigenvalue weighted by molar-refractivity contribution is 6.03. The minimum atomic E-state index is -2.49. The fourth-order valence-electron chi connectivity index (χ4n) is 6.64. The largest absolute Gasteiger partial charge is 0.496 e. The molecule has 0 radical (unpaired) electrons. The van der Waals surface area contributed by atoms with Gasteiger partial charge in [0.05, 0.1) is 37.5 Å². The van der Waals surface area contributed by atoms with Crippen LogP contribution < -0.4 is 9.64 Å². The number of carbonyl (C=O) groups is 3. The molecule has 1 unspecified atom stereocenters. The lowest BCUT2D eigenvalue weighted by atomic mass is 9.96. The number of methoxy groups -OCH3 is 2. The number of nitrogens with zero attached hydrogens (tertiary/aromatic N) is 4. The Balaban J connectivity index is 1.58. The number of hydrogen-bond acceptors (Lipinski definition) is 8. The van der Waals surface area contributed by atoms with E-state index in [1.807, 2.05) is 52.0 Å². The Morgan fingerprint density at radius 3 is 2.47 bits per heavy atom. The summed E-state index contributed by atoms with van der Waals surface area (Å²) in [7, 11) is 2.90. The molecule has 10 nitrogen and oxygen atoms in total. The van der Waals surface area contributed by atoms with Crippen LogP contribution in [0.25, 0.3) is 10.9 Å². The van der Waals surface area contributed by atoms with Crippen LogP contribution in [0.4, 0.5) is 19.3 Å². The van der Waals surface area contributed by atoms with E-state index in [-0.39, 0.29) is 24.1 Å². The number of piperazine rings is 1. The van der Waals surface area contributed by atoms with Crippen LogP contribution in [-0.4, -0.2) is 91.3 Å². The molecule has 0 saturated carbocycles. The van der Waals surface area contributed by atoms with Gasteiger partial charge in [-0.3, -0.25) is 19.2 Å². The Morgan fingerprint density at radius 2 is 1.81 bits per heavy atom. The van der Waals surface area contributed by atoms with Gasteiger partial charge in [-0.2, -0.15) is 0 Å². The van der Waals surface area contributed by atoms with E-state index >= 15 is 0 Å². The summed E-state index contributed by atoms with van der Waals surface area (Å²) >= 11 is 0. The highest BCUT2D eigenvalue weighted by Gasteiger charge is 2.33. The number of esters is 1. The van der Waals surface area contributed by atoms with E-state index in [1.165, 1.54) is 11.7 Å². The van der Waals surface area contributed by atoms with Crippen molar-refractivity contribution in [1.82, 2.24) is 14.4 Å². The van der Waals surface area contributed by atoms with Crippen molar-refractivity contribution in [3.63, 3.8) is 0 Å². The van der Waals surface area contributed by atoms with Gasteiger partial charge in [0.15, 0.2) is 0 Å². The summed E-state index contributed by atoms with van der Waals surface area (Å²) in [6.45, 7) is 9.07. The number of piperidine rings is 1. The molecule has 47 heavy (non-hydrogen) atoms. The normalized spacial score (nSPS) is 18.2. The molecule has 3 heterocycles. The monoisotopic (exact) mass is 654 g/mol. The van der Waals surface area contributed by atoms with E-state index in [4.69, 9.17) is 14.2 Å². The number of ether oxygens (including phenoxy) is 3. The van der Waals surface area contributed by atoms with Gasteiger partial charge in [-0.05, 0) is 75.9 Å². The van der Waals surface area contributed by atoms with Gasteiger partial charge in [0.25, 0.3) is 6.43 Å². The van der Waals surface area contributed by atoms with Crippen LogP contribution in [0.1, 0.15) is 73.1 Å². The number of fused-ring (bicyclic) bond motifs is 1. The molecule has 0 N–H and O–H groups in total. The summed E-state index contributed by atoms with van der Waals surface area (Å²) in [6, 6.07) is 8.72. The van der Waals surface area contributed by atoms with Crippen LogP contribution in [0.2, 0.25) is 0 Å². The smallest absolute Gasteiger partial charge is 0.419 e.